The molecule has 19 heavy (non-hydrogen) atoms. The Balaban J connectivity index is 1.63. The van der Waals surface area contributed by atoms with Crippen LogP contribution >= 0.6 is 27.7 Å². The van der Waals surface area contributed by atoms with Crippen LogP contribution in [0.3, 0.4) is 0 Å². The first kappa shape index (κ1) is 13.0. The van der Waals surface area contributed by atoms with E-state index in [0.717, 1.165) is 26.8 Å². The van der Waals surface area contributed by atoms with Crippen molar-refractivity contribution in [2.75, 3.05) is 0 Å². The minimum atomic E-state index is 0.707. The summed E-state index contributed by atoms with van der Waals surface area (Å²) in [5.74, 6) is 0. The molecular weight excluding hydrogens is 324 g/mol. The maximum absolute atomic E-state index is 4.36. The highest BCUT2D eigenvalue weighted by Gasteiger charge is 2.19. The van der Waals surface area contributed by atoms with Crippen molar-refractivity contribution in [1.29, 1.82) is 0 Å². The summed E-state index contributed by atoms with van der Waals surface area (Å²) >= 11 is 4.93. The first-order valence-electron chi connectivity index (χ1n) is 6.14. The monoisotopic (exact) mass is 336 g/mol. The van der Waals surface area contributed by atoms with Gasteiger partial charge >= 0.3 is 0 Å². The molecule has 2 heterocycles. The van der Waals surface area contributed by atoms with Crippen molar-refractivity contribution < 1.29 is 0 Å². The second-order valence-corrected chi connectivity index (χ2v) is 6.23. The second kappa shape index (κ2) is 5.98. The Morgan fingerprint density at radius 2 is 2.05 bits per heavy atom. The molecule has 1 aliphatic rings. The smallest absolute Gasteiger partial charge is 0.193 e. The van der Waals surface area contributed by atoms with Gasteiger partial charge in [-0.25, -0.2) is 15.0 Å². The van der Waals surface area contributed by atoms with Crippen LogP contribution in [0.15, 0.2) is 45.4 Å². The van der Waals surface area contributed by atoms with Crippen LogP contribution in [0.25, 0.3) is 0 Å². The summed E-state index contributed by atoms with van der Waals surface area (Å²) in [6.07, 6.45) is 8.11. The SMILES string of the molecule is Brc1cccnc1Sc1ncc(CNC2CC2)cn1. The standard InChI is InChI=1S/C13H13BrN4S/c14-11-2-1-5-15-12(11)19-13-17-7-9(8-18-13)6-16-10-3-4-10/h1-2,5,7-8,10,16H,3-4,6H2. The number of aromatic nitrogens is 3. The lowest BCUT2D eigenvalue weighted by Crippen LogP contribution is -2.15. The van der Waals surface area contributed by atoms with E-state index >= 15 is 0 Å². The first-order valence-corrected chi connectivity index (χ1v) is 7.75. The molecular formula is C13H13BrN4S. The van der Waals surface area contributed by atoms with E-state index in [4.69, 9.17) is 0 Å². The van der Waals surface area contributed by atoms with Crippen LogP contribution in [0.2, 0.25) is 0 Å². The molecule has 0 radical (unpaired) electrons. The molecule has 0 bridgehead atoms. The zero-order valence-electron chi connectivity index (χ0n) is 10.2. The molecule has 1 saturated carbocycles. The zero-order chi connectivity index (χ0) is 13.1. The number of nitrogens with zero attached hydrogens (tertiary/aromatic N) is 3. The lowest BCUT2D eigenvalue weighted by atomic mass is 10.3. The quantitative estimate of drug-likeness (QED) is 0.850. The third-order valence-corrected chi connectivity index (χ3v) is 4.58. The van der Waals surface area contributed by atoms with Gasteiger partial charge < -0.3 is 5.32 Å². The summed E-state index contributed by atoms with van der Waals surface area (Å²) in [5.41, 5.74) is 1.12. The summed E-state index contributed by atoms with van der Waals surface area (Å²) in [6.45, 7) is 0.850. The predicted octanol–water partition coefficient (Wildman–Crippen LogP) is 3.04. The van der Waals surface area contributed by atoms with Gasteiger partial charge in [0, 0.05) is 36.7 Å². The Bertz CT molecular complexity index is 557. The number of pyridine rings is 1. The highest BCUT2D eigenvalue weighted by Crippen LogP contribution is 2.28. The molecule has 1 fully saturated rings. The van der Waals surface area contributed by atoms with E-state index in [9.17, 15) is 0 Å². The van der Waals surface area contributed by atoms with Gasteiger partial charge in [0.1, 0.15) is 5.03 Å². The molecule has 3 rings (SSSR count). The van der Waals surface area contributed by atoms with Gasteiger partial charge in [-0.3, -0.25) is 0 Å². The lowest BCUT2D eigenvalue weighted by molar-refractivity contribution is 0.680. The van der Waals surface area contributed by atoms with Crippen molar-refractivity contribution in [3.8, 4) is 0 Å². The first-order chi connectivity index (χ1) is 9.31. The maximum Gasteiger partial charge on any atom is 0.193 e. The van der Waals surface area contributed by atoms with Crippen molar-refractivity contribution in [2.24, 2.45) is 0 Å². The average Bonchev–Trinajstić information content (AvgIpc) is 3.25. The Morgan fingerprint density at radius 1 is 1.26 bits per heavy atom. The molecule has 0 aromatic carbocycles. The predicted molar refractivity (Wildman–Crippen MR) is 78.0 cm³/mol. The number of nitrogens with one attached hydrogen (secondary N) is 1. The molecule has 2 aromatic rings. The van der Waals surface area contributed by atoms with Crippen LogP contribution in [-0.4, -0.2) is 21.0 Å². The van der Waals surface area contributed by atoms with Gasteiger partial charge in [-0.15, -0.1) is 0 Å². The van der Waals surface area contributed by atoms with Gasteiger partial charge in [0.2, 0.25) is 0 Å². The minimum absolute atomic E-state index is 0.707. The Kier molecular flexibility index (Phi) is 4.10. The van der Waals surface area contributed by atoms with Gasteiger partial charge in [-0.05, 0) is 52.7 Å². The molecule has 1 aliphatic carbocycles. The number of hydrogen-bond donors (Lipinski definition) is 1. The molecule has 6 heteroatoms. The van der Waals surface area contributed by atoms with E-state index in [2.05, 4.69) is 36.2 Å². The van der Waals surface area contributed by atoms with Gasteiger partial charge in [-0.2, -0.15) is 0 Å². The Morgan fingerprint density at radius 3 is 2.74 bits per heavy atom. The molecule has 0 spiro atoms. The minimum Gasteiger partial charge on any atom is -0.310 e. The van der Waals surface area contributed by atoms with Gasteiger partial charge in [0.15, 0.2) is 5.16 Å². The van der Waals surface area contributed by atoms with Crippen molar-refractivity contribution >= 4 is 27.7 Å². The fourth-order valence-electron chi connectivity index (χ4n) is 1.57. The van der Waals surface area contributed by atoms with Crippen molar-refractivity contribution in [3.05, 3.63) is 40.8 Å². The Hall–Kier alpha value is -0.980. The lowest BCUT2D eigenvalue weighted by Gasteiger charge is -2.04. The maximum atomic E-state index is 4.36. The molecule has 0 amide bonds. The molecule has 0 saturated heterocycles. The summed E-state index contributed by atoms with van der Waals surface area (Å²) in [5, 5.41) is 5.04. The van der Waals surface area contributed by atoms with Crippen molar-refractivity contribution in [2.45, 2.75) is 35.6 Å². The van der Waals surface area contributed by atoms with Gasteiger partial charge in [-0.1, -0.05) is 0 Å². The van der Waals surface area contributed by atoms with Crippen LogP contribution in [0, 0.1) is 0 Å². The van der Waals surface area contributed by atoms with Crippen LogP contribution in [0.5, 0.6) is 0 Å². The molecule has 0 unspecified atom stereocenters. The van der Waals surface area contributed by atoms with E-state index in [1.807, 2.05) is 24.5 Å². The molecule has 1 N–H and O–H groups in total. The van der Waals surface area contributed by atoms with Crippen LogP contribution in [0.4, 0.5) is 0 Å². The summed E-state index contributed by atoms with van der Waals surface area (Å²) in [7, 11) is 0. The largest absolute Gasteiger partial charge is 0.310 e. The van der Waals surface area contributed by atoms with E-state index in [0.29, 0.717) is 6.04 Å². The van der Waals surface area contributed by atoms with Gasteiger partial charge in [0.25, 0.3) is 0 Å². The normalized spacial score (nSPS) is 14.6. The molecule has 2 aromatic heterocycles. The van der Waals surface area contributed by atoms with Crippen LogP contribution in [-0.2, 0) is 6.54 Å². The van der Waals surface area contributed by atoms with Crippen molar-refractivity contribution in [1.82, 2.24) is 20.3 Å². The third kappa shape index (κ3) is 3.75. The Labute approximate surface area is 124 Å². The number of halogens is 1. The average molecular weight is 337 g/mol. The van der Waals surface area contributed by atoms with E-state index < -0.39 is 0 Å². The third-order valence-electron chi connectivity index (χ3n) is 2.77. The summed E-state index contributed by atoms with van der Waals surface area (Å²) in [6, 6.07) is 4.56. The van der Waals surface area contributed by atoms with E-state index in [-0.39, 0.29) is 0 Å². The topological polar surface area (TPSA) is 50.7 Å². The number of rotatable bonds is 5. The number of hydrogen-bond acceptors (Lipinski definition) is 5. The molecule has 0 aliphatic heterocycles. The fraction of sp³-hybridized carbons (Fsp3) is 0.308. The fourth-order valence-corrected chi connectivity index (χ4v) is 2.73. The van der Waals surface area contributed by atoms with E-state index in [1.54, 1.807) is 6.20 Å². The highest BCUT2D eigenvalue weighted by molar-refractivity contribution is 9.10. The second-order valence-electron chi connectivity index (χ2n) is 4.42. The molecule has 98 valence electrons. The summed E-state index contributed by atoms with van der Waals surface area (Å²) < 4.78 is 0.961. The van der Waals surface area contributed by atoms with E-state index in [1.165, 1.54) is 24.6 Å². The zero-order valence-corrected chi connectivity index (χ0v) is 12.6. The van der Waals surface area contributed by atoms with Crippen molar-refractivity contribution in [3.63, 3.8) is 0 Å². The van der Waals surface area contributed by atoms with Crippen LogP contribution in [0.1, 0.15) is 18.4 Å². The molecule has 0 atom stereocenters. The van der Waals surface area contributed by atoms with Gasteiger partial charge in [0.05, 0.1) is 4.47 Å². The highest BCUT2D eigenvalue weighted by atomic mass is 79.9. The summed E-state index contributed by atoms with van der Waals surface area (Å²) in [4.78, 5) is 13.0. The molecule has 4 nitrogen and oxygen atoms in total. The van der Waals surface area contributed by atoms with Crippen LogP contribution < -0.4 is 5.32 Å².